The number of rotatable bonds is 18. The molecule has 3 aliphatic rings. The first-order chi connectivity index (χ1) is 52.2. The Hall–Kier alpha value is -9.22. The maximum absolute atomic E-state index is 11.9. The minimum Gasteiger partial charge on any atom is -0.357 e. The summed E-state index contributed by atoms with van der Waals surface area (Å²) in [6, 6.07) is 55.0. The predicted octanol–water partition coefficient (Wildman–Crippen LogP) is 16.9. The van der Waals surface area contributed by atoms with Gasteiger partial charge in [-0.05, 0) is 95.8 Å². The summed E-state index contributed by atoms with van der Waals surface area (Å²) in [5.74, 6) is 2.54. The maximum Gasteiger partial charge on any atom is 2.00 e. The van der Waals surface area contributed by atoms with Crippen molar-refractivity contribution in [2.75, 3.05) is 69.2 Å². The smallest absolute Gasteiger partial charge is 0.357 e. The number of fused-ring (bicyclic) bond motifs is 24. The van der Waals surface area contributed by atoms with E-state index in [-0.39, 0.29) is 34.7 Å². The number of hydrogen-bond acceptors (Lipinski definition) is 24. The number of hydroxylamine groups is 1. The minimum absolute atomic E-state index is 0. The van der Waals surface area contributed by atoms with E-state index in [0.717, 1.165) is 104 Å². The van der Waals surface area contributed by atoms with Crippen molar-refractivity contribution in [2.24, 2.45) is 0 Å². The fraction of sp³-hybridized carbons (Fsp3) is 0.237. The van der Waals surface area contributed by atoms with Crippen LogP contribution in [0.3, 0.4) is 0 Å². The van der Waals surface area contributed by atoms with E-state index in [4.69, 9.17) is 49.2 Å². The number of benzene rings is 7. The average Bonchev–Trinajstić information content (AvgIpc) is 1.60. The Morgan fingerprint density at radius 2 is 0.771 bits per heavy atom. The summed E-state index contributed by atoms with van der Waals surface area (Å²) in [4.78, 5) is 62.3. The van der Waals surface area contributed by atoms with Crippen LogP contribution in [0.2, 0.25) is 0 Å². The first kappa shape index (κ1) is 79.3. The van der Waals surface area contributed by atoms with Gasteiger partial charge in [0.25, 0.3) is 0 Å². The Balaban J connectivity index is 0.000000136. The standard InChI is InChI=1S/C32H18N8.4C11H14N2O2S2.Cu/c1-2-10-18-17(9-1)25-33-26(18)38-28-21-13-5-6-14-22(21)30(35-28)40-32-24-16-8-7-15-23(24)31(36-32)39-29-20-12-4-3-11-19(20)27(34-29)37-25;2*1-3-8-13(17(2,14)15)11-12-9-6-4-5-7-10(9)16-11;1-3-8-13(14-15-16-2)11-12-9-6-4-5-7-10(9)17-11;1-3-8-17(14,15)13(2)11-12-9-6-4-5-7-10(9)16-11;/h1-18H;4*4-7H,3,8H2,1-2H3;/q-2;;;;;+2. The van der Waals surface area contributed by atoms with E-state index in [1.54, 1.807) is 23.4 Å². The summed E-state index contributed by atoms with van der Waals surface area (Å²) in [5, 5.41) is 7.78. The third kappa shape index (κ3) is 18.1. The van der Waals surface area contributed by atoms with Crippen LogP contribution < -0.4 is 27.9 Å². The van der Waals surface area contributed by atoms with Crippen molar-refractivity contribution in [2.45, 2.75) is 65.2 Å². The molecule has 7 aromatic heterocycles. The van der Waals surface area contributed by atoms with Crippen LogP contribution in [0.25, 0.3) is 108 Å². The van der Waals surface area contributed by atoms with Crippen molar-refractivity contribution in [3.63, 3.8) is 0 Å². The molecule has 0 saturated heterocycles. The summed E-state index contributed by atoms with van der Waals surface area (Å²) in [6.45, 7) is 9.53. The van der Waals surface area contributed by atoms with Gasteiger partial charge < -0.3 is 29.9 Å². The van der Waals surface area contributed by atoms with Crippen molar-refractivity contribution in [1.82, 2.24) is 59.8 Å². The topological polar surface area (TPSA) is 291 Å². The van der Waals surface area contributed by atoms with Crippen LogP contribution in [0.4, 0.5) is 20.5 Å². The van der Waals surface area contributed by atoms with Gasteiger partial charge in [-0.15, -0.1) is 4.33 Å². The van der Waals surface area contributed by atoms with Crippen molar-refractivity contribution >= 4 is 193 Å². The molecule has 17 rings (SSSR count). The molecule has 0 spiro atoms. The van der Waals surface area contributed by atoms with Crippen LogP contribution in [0.15, 0.2) is 194 Å². The normalized spacial score (nSPS) is 13.6. The third-order valence-corrected chi connectivity index (χ3v) is 25.9. The molecule has 1 aliphatic carbocycles. The molecule has 0 saturated carbocycles. The zero-order valence-electron chi connectivity index (χ0n) is 60.3. The Morgan fingerprint density at radius 3 is 1.15 bits per heavy atom. The zero-order chi connectivity index (χ0) is 75.7. The van der Waals surface area contributed by atoms with Gasteiger partial charge in [-0.25, -0.2) is 63.1 Å². The number of aromatic nitrogens is 12. The molecule has 2 unspecified atom stereocenters. The quantitative estimate of drug-likeness (QED) is 0.0334. The summed E-state index contributed by atoms with van der Waals surface area (Å²) >= 11 is 6.98. The number of allylic oxidation sites excluding steroid dienone is 4. The van der Waals surface area contributed by atoms with Crippen LogP contribution in [0.1, 0.15) is 76.9 Å². The summed E-state index contributed by atoms with van der Waals surface area (Å²) < 4.78 is 83.7. The molecule has 0 fully saturated rings. The molecule has 7 aromatic carbocycles. The van der Waals surface area contributed by atoms with Gasteiger partial charge in [-0.2, -0.15) is 5.06 Å². The molecule has 24 nitrogen and oxygen atoms in total. The van der Waals surface area contributed by atoms with Gasteiger partial charge in [-0.3, -0.25) is 4.98 Å². The minimum atomic E-state index is -3.25. The first-order valence-electron chi connectivity index (χ1n) is 34.6. The molecule has 0 amide bonds. The van der Waals surface area contributed by atoms with Gasteiger partial charge >= 0.3 is 17.1 Å². The van der Waals surface area contributed by atoms with E-state index in [0.29, 0.717) is 80.8 Å². The number of para-hydroxylation sites is 4. The Kier molecular flexibility index (Phi) is 25.6. The molecule has 8 bridgehead atoms. The summed E-state index contributed by atoms with van der Waals surface area (Å²) in [5.41, 5.74) is 7.63. The van der Waals surface area contributed by atoms with Crippen molar-refractivity contribution in [3.8, 4) is 22.8 Å². The van der Waals surface area contributed by atoms with E-state index < -0.39 is 30.1 Å². The molecule has 109 heavy (non-hydrogen) atoms. The van der Waals surface area contributed by atoms with Gasteiger partial charge in [0.2, 0.25) is 35.2 Å². The van der Waals surface area contributed by atoms with E-state index in [1.165, 1.54) is 71.5 Å². The van der Waals surface area contributed by atoms with Crippen LogP contribution in [-0.4, -0.2) is 126 Å². The van der Waals surface area contributed by atoms with Crippen molar-refractivity contribution in [3.05, 3.63) is 206 Å². The molecular formula is C76H74CuN16O8S8. The third-order valence-electron chi connectivity index (χ3n) is 16.9. The average molecular weight is 1660 g/mol. The SMILES string of the molecule is C1=CC2c3nc(nc4[n-]c(nc5nc(nc6[n-]c(n3)c3ccccc63)-c3ccccc3-5)c3ccccc43)C2C=C1.CCCN(OOSC)c1nc2ccccc2s1.CCCN(c1nc2ccccc2s1)S(C)(=O)=O.CCCN(c1nc2ccccc2s1)S(C)(=O)=O.CCCS(=O)(=O)N(C)c1nc2ccccc2s1.[Cu+2]. The van der Waals surface area contributed by atoms with Gasteiger partial charge in [0, 0.05) is 84.0 Å². The summed E-state index contributed by atoms with van der Waals surface area (Å²) in [7, 11) is -8.16. The molecule has 14 aromatic rings. The molecule has 2 aliphatic heterocycles. The monoisotopic (exact) mass is 1660 g/mol. The van der Waals surface area contributed by atoms with Gasteiger partial charge in [0.05, 0.1) is 89.0 Å². The molecule has 9 heterocycles. The van der Waals surface area contributed by atoms with Gasteiger partial charge in [0.1, 0.15) is 0 Å². The van der Waals surface area contributed by atoms with E-state index >= 15 is 0 Å². The van der Waals surface area contributed by atoms with Gasteiger partial charge in [-0.1, -0.05) is 224 Å². The number of thiazole rings is 4. The van der Waals surface area contributed by atoms with Crippen LogP contribution in [-0.2, 0) is 56.5 Å². The van der Waals surface area contributed by atoms with Crippen LogP contribution in [0.5, 0.6) is 0 Å². The molecule has 2 atom stereocenters. The molecule has 33 heteroatoms. The number of anilines is 4. The Bertz CT molecular complexity index is 5790. The molecular weight excluding hydrogens is 1590 g/mol. The second kappa shape index (κ2) is 35.2. The fourth-order valence-corrected chi connectivity index (χ4v) is 19.8. The second-order valence-electron chi connectivity index (χ2n) is 24.7. The van der Waals surface area contributed by atoms with Crippen molar-refractivity contribution in [1.29, 1.82) is 0 Å². The second-order valence-corrected chi connectivity index (χ2v) is 35.2. The molecule has 1 radical (unpaired) electrons. The first-order valence-corrected chi connectivity index (χ1v) is 44.3. The van der Waals surface area contributed by atoms with E-state index in [1.807, 2.05) is 203 Å². The van der Waals surface area contributed by atoms with Crippen LogP contribution >= 0.6 is 57.4 Å². The molecule has 565 valence electrons. The zero-order valence-corrected chi connectivity index (χ0v) is 67.7. The number of hydrogen-bond donors (Lipinski definition) is 0. The maximum atomic E-state index is 11.9. The fourth-order valence-electron chi connectivity index (χ4n) is 11.8. The van der Waals surface area contributed by atoms with E-state index in [9.17, 15) is 25.3 Å². The van der Waals surface area contributed by atoms with E-state index in [2.05, 4.69) is 45.1 Å². The van der Waals surface area contributed by atoms with Crippen LogP contribution in [0, 0.1) is 0 Å². The van der Waals surface area contributed by atoms with Crippen molar-refractivity contribution < 1.29 is 51.6 Å². The molecule has 0 N–H and O–H groups in total. The number of sulfonamides is 3. The predicted molar refractivity (Wildman–Crippen MR) is 443 cm³/mol. The van der Waals surface area contributed by atoms with Gasteiger partial charge in [0.15, 0.2) is 15.4 Å². The number of nitrogens with zero attached hydrogens (tertiary/aromatic N) is 16. The Labute approximate surface area is 661 Å². The largest absolute Gasteiger partial charge is 2.00 e. The Morgan fingerprint density at radius 1 is 0.422 bits per heavy atom. The summed E-state index contributed by atoms with van der Waals surface area (Å²) in [6.07, 6.45) is 15.7.